The molecule has 0 aliphatic carbocycles. The Hall–Kier alpha value is -0.830. The molecule has 17 heavy (non-hydrogen) atoms. The fourth-order valence-electron chi connectivity index (χ4n) is 2.17. The molecule has 0 bridgehead atoms. The predicted molar refractivity (Wildman–Crippen MR) is 73.3 cm³/mol. The normalized spacial score (nSPS) is 14.8. The number of aromatic nitrogens is 2. The third-order valence-electron chi connectivity index (χ3n) is 3.18. The molecule has 1 aromatic heterocycles. The summed E-state index contributed by atoms with van der Waals surface area (Å²) in [6.07, 6.45) is 8.73. The minimum atomic E-state index is 0.485. The van der Waals surface area contributed by atoms with Crippen LogP contribution >= 0.6 is 0 Å². The minimum Gasteiger partial charge on any atom is -0.331 e. The first-order valence-electron chi connectivity index (χ1n) is 6.94. The largest absolute Gasteiger partial charge is 0.331 e. The van der Waals surface area contributed by atoms with Crippen LogP contribution in [0.5, 0.6) is 0 Å². The van der Waals surface area contributed by atoms with Crippen LogP contribution in [0.25, 0.3) is 0 Å². The van der Waals surface area contributed by atoms with Crippen LogP contribution in [0.1, 0.15) is 58.8 Å². The lowest BCUT2D eigenvalue weighted by molar-refractivity contribution is 0.427. The second-order valence-electron chi connectivity index (χ2n) is 4.95. The van der Waals surface area contributed by atoms with Crippen molar-refractivity contribution < 1.29 is 0 Å². The summed E-state index contributed by atoms with van der Waals surface area (Å²) in [5.41, 5.74) is 0. The highest BCUT2D eigenvalue weighted by Crippen LogP contribution is 2.10. The molecule has 1 aromatic rings. The Balaban J connectivity index is 2.45. The highest BCUT2D eigenvalue weighted by Gasteiger charge is 2.10. The van der Waals surface area contributed by atoms with Gasteiger partial charge in [-0.15, -0.1) is 0 Å². The third kappa shape index (κ3) is 4.50. The second-order valence-corrected chi connectivity index (χ2v) is 4.95. The molecule has 0 aromatic carbocycles. The highest BCUT2D eigenvalue weighted by atomic mass is 15.1. The van der Waals surface area contributed by atoms with Gasteiger partial charge in [0.25, 0.3) is 0 Å². The first-order valence-corrected chi connectivity index (χ1v) is 6.94. The van der Waals surface area contributed by atoms with Crippen molar-refractivity contribution in [3.63, 3.8) is 0 Å². The smallest absolute Gasteiger partial charge is 0.108 e. The van der Waals surface area contributed by atoms with Gasteiger partial charge in [0.1, 0.15) is 5.82 Å². The SMILES string of the molecule is CCCc1nccn1C(C)CNC(C)CCC. The van der Waals surface area contributed by atoms with E-state index in [-0.39, 0.29) is 0 Å². The molecule has 0 amide bonds. The van der Waals surface area contributed by atoms with Crippen molar-refractivity contribution in [3.8, 4) is 0 Å². The predicted octanol–water partition coefficient (Wildman–Crippen LogP) is 3.17. The minimum absolute atomic E-state index is 0.485. The van der Waals surface area contributed by atoms with Crippen LogP contribution in [0.15, 0.2) is 12.4 Å². The van der Waals surface area contributed by atoms with Crippen molar-refractivity contribution in [2.45, 2.75) is 65.5 Å². The van der Waals surface area contributed by atoms with Crippen LogP contribution in [-0.4, -0.2) is 22.1 Å². The molecule has 3 heteroatoms. The molecule has 0 aliphatic rings. The molecular weight excluding hydrogens is 210 g/mol. The van der Waals surface area contributed by atoms with E-state index in [2.05, 4.69) is 48.8 Å². The molecule has 0 saturated heterocycles. The summed E-state index contributed by atoms with van der Waals surface area (Å²) in [5, 5.41) is 3.59. The van der Waals surface area contributed by atoms with Crippen molar-refractivity contribution in [1.82, 2.24) is 14.9 Å². The Morgan fingerprint density at radius 1 is 1.29 bits per heavy atom. The van der Waals surface area contributed by atoms with Gasteiger partial charge in [-0.2, -0.15) is 0 Å². The Morgan fingerprint density at radius 3 is 2.71 bits per heavy atom. The van der Waals surface area contributed by atoms with E-state index >= 15 is 0 Å². The van der Waals surface area contributed by atoms with Crippen LogP contribution in [0.4, 0.5) is 0 Å². The van der Waals surface area contributed by atoms with E-state index in [0.29, 0.717) is 12.1 Å². The van der Waals surface area contributed by atoms with Gasteiger partial charge in [0, 0.05) is 37.4 Å². The molecule has 3 nitrogen and oxygen atoms in total. The number of rotatable bonds is 8. The van der Waals surface area contributed by atoms with Crippen molar-refractivity contribution in [2.24, 2.45) is 0 Å². The number of aryl methyl sites for hydroxylation is 1. The monoisotopic (exact) mass is 237 g/mol. The summed E-state index contributed by atoms with van der Waals surface area (Å²) in [4.78, 5) is 4.43. The van der Waals surface area contributed by atoms with Gasteiger partial charge in [-0.1, -0.05) is 20.3 Å². The van der Waals surface area contributed by atoms with Gasteiger partial charge in [0.2, 0.25) is 0 Å². The van der Waals surface area contributed by atoms with Crippen molar-refractivity contribution in [3.05, 3.63) is 18.2 Å². The fourth-order valence-corrected chi connectivity index (χ4v) is 2.17. The highest BCUT2D eigenvalue weighted by molar-refractivity contribution is 4.95. The number of nitrogens with zero attached hydrogens (tertiary/aromatic N) is 2. The Morgan fingerprint density at radius 2 is 2.06 bits per heavy atom. The third-order valence-corrected chi connectivity index (χ3v) is 3.18. The van der Waals surface area contributed by atoms with Gasteiger partial charge in [-0.05, 0) is 26.7 Å². The summed E-state index contributed by atoms with van der Waals surface area (Å²) in [5.74, 6) is 1.21. The van der Waals surface area contributed by atoms with Crippen LogP contribution in [0.2, 0.25) is 0 Å². The molecule has 0 spiro atoms. The van der Waals surface area contributed by atoms with Crippen LogP contribution in [-0.2, 0) is 6.42 Å². The van der Waals surface area contributed by atoms with Crippen LogP contribution in [0, 0.1) is 0 Å². The molecule has 0 aliphatic heterocycles. The van der Waals surface area contributed by atoms with E-state index < -0.39 is 0 Å². The number of nitrogens with one attached hydrogen (secondary N) is 1. The van der Waals surface area contributed by atoms with Gasteiger partial charge in [-0.3, -0.25) is 0 Å². The van der Waals surface area contributed by atoms with Crippen LogP contribution < -0.4 is 5.32 Å². The zero-order chi connectivity index (χ0) is 12.7. The molecule has 0 saturated carbocycles. The van der Waals surface area contributed by atoms with Gasteiger partial charge in [-0.25, -0.2) is 4.98 Å². The zero-order valence-electron chi connectivity index (χ0n) is 11.7. The molecular formula is C14H27N3. The first kappa shape index (κ1) is 14.2. The van der Waals surface area contributed by atoms with Gasteiger partial charge in [0.15, 0.2) is 0 Å². The van der Waals surface area contributed by atoms with Crippen molar-refractivity contribution >= 4 is 0 Å². The van der Waals surface area contributed by atoms with E-state index in [1.165, 1.54) is 18.7 Å². The summed E-state index contributed by atoms with van der Waals surface area (Å²) in [6, 6.07) is 1.10. The summed E-state index contributed by atoms with van der Waals surface area (Å²) in [6.45, 7) is 9.97. The maximum Gasteiger partial charge on any atom is 0.108 e. The lowest BCUT2D eigenvalue weighted by Gasteiger charge is -2.20. The zero-order valence-corrected chi connectivity index (χ0v) is 11.7. The van der Waals surface area contributed by atoms with E-state index in [1.807, 2.05) is 6.20 Å². The Kier molecular flexibility index (Phi) is 6.27. The van der Waals surface area contributed by atoms with E-state index in [1.54, 1.807) is 0 Å². The van der Waals surface area contributed by atoms with Gasteiger partial charge >= 0.3 is 0 Å². The summed E-state index contributed by atoms with van der Waals surface area (Å²) < 4.78 is 2.30. The number of imidazole rings is 1. The van der Waals surface area contributed by atoms with E-state index in [4.69, 9.17) is 0 Å². The fraction of sp³-hybridized carbons (Fsp3) is 0.786. The van der Waals surface area contributed by atoms with E-state index in [9.17, 15) is 0 Å². The summed E-state index contributed by atoms with van der Waals surface area (Å²) >= 11 is 0. The van der Waals surface area contributed by atoms with Crippen molar-refractivity contribution in [1.29, 1.82) is 0 Å². The molecule has 2 atom stereocenters. The van der Waals surface area contributed by atoms with Crippen molar-refractivity contribution in [2.75, 3.05) is 6.54 Å². The van der Waals surface area contributed by atoms with Gasteiger partial charge < -0.3 is 9.88 Å². The average Bonchev–Trinajstić information content (AvgIpc) is 2.75. The molecule has 1 heterocycles. The number of hydrogen-bond acceptors (Lipinski definition) is 2. The first-order chi connectivity index (χ1) is 8.19. The molecule has 2 unspecified atom stereocenters. The molecule has 1 rings (SSSR count). The lowest BCUT2D eigenvalue weighted by Crippen LogP contribution is -2.31. The topological polar surface area (TPSA) is 29.9 Å². The maximum atomic E-state index is 4.43. The molecule has 0 radical (unpaired) electrons. The average molecular weight is 237 g/mol. The maximum absolute atomic E-state index is 4.43. The second kappa shape index (κ2) is 7.49. The van der Waals surface area contributed by atoms with E-state index in [0.717, 1.165) is 19.4 Å². The quantitative estimate of drug-likeness (QED) is 0.752. The standard InChI is InChI=1S/C14H27N3/c1-5-7-12(3)16-11-13(4)17-10-9-15-14(17)8-6-2/h9-10,12-13,16H,5-8,11H2,1-4H3. The van der Waals surface area contributed by atoms with Gasteiger partial charge in [0.05, 0.1) is 0 Å². The van der Waals surface area contributed by atoms with Crippen LogP contribution in [0.3, 0.4) is 0 Å². The Bertz CT molecular complexity index is 306. The molecule has 1 N–H and O–H groups in total. The molecule has 0 fully saturated rings. The molecule has 98 valence electrons. The lowest BCUT2D eigenvalue weighted by atomic mass is 10.2. The number of hydrogen-bond donors (Lipinski definition) is 1. The Labute approximate surface area is 106 Å². The summed E-state index contributed by atoms with van der Waals surface area (Å²) in [7, 11) is 0.